The maximum Gasteiger partial charge on any atom is 0.308 e. The van der Waals surface area contributed by atoms with Crippen LogP contribution in [0.25, 0.3) is 0 Å². The summed E-state index contributed by atoms with van der Waals surface area (Å²) in [5.74, 6) is 0.192. The van der Waals surface area contributed by atoms with Crippen molar-refractivity contribution in [3.8, 4) is 0 Å². The fraction of sp³-hybridized carbons (Fsp3) is 0.917. The lowest BCUT2D eigenvalue weighted by atomic mass is 9.89. The Balaban J connectivity index is 1.65. The number of esters is 1. The van der Waals surface area contributed by atoms with Crippen molar-refractivity contribution in [2.75, 3.05) is 26.2 Å². The van der Waals surface area contributed by atoms with Crippen molar-refractivity contribution in [2.24, 2.45) is 5.92 Å². The van der Waals surface area contributed by atoms with Crippen LogP contribution in [0.2, 0.25) is 0 Å². The maximum absolute atomic E-state index is 11.8. The molecule has 2 rings (SSSR count). The highest BCUT2D eigenvalue weighted by Crippen LogP contribution is 2.24. The molecule has 1 saturated heterocycles. The van der Waals surface area contributed by atoms with Crippen molar-refractivity contribution in [3.63, 3.8) is 0 Å². The Labute approximate surface area is 97.1 Å². The second kappa shape index (κ2) is 6.21. The number of carbonyl (C=O) groups excluding carboxylic acids is 1. The summed E-state index contributed by atoms with van der Waals surface area (Å²) < 4.78 is 5.38. The normalized spacial score (nSPS) is 27.6. The van der Waals surface area contributed by atoms with E-state index in [-0.39, 0.29) is 11.9 Å². The lowest BCUT2D eigenvalue weighted by Gasteiger charge is -2.25. The van der Waals surface area contributed by atoms with E-state index in [1.54, 1.807) is 0 Å². The van der Waals surface area contributed by atoms with Gasteiger partial charge in [0, 0.05) is 19.6 Å². The molecule has 1 heterocycles. The number of hydrogen-bond donors (Lipinski definition) is 2. The van der Waals surface area contributed by atoms with Gasteiger partial charge in [0.1, 0.15) is 6.61 Å². The molecule has 1 aliphatic carbocycles. The van der Waals surface area contributed by atoms with Crippen molar-refractivity contribution in [1.29, 1.82) is 0 Å². The first kappa shape index (κ1) is 11.9. The summed E-state index contributed by atoms with van der Waals surface area (Å²) in [5.41, 5.74) is 0. The zero-order valence-electron chi connectivity index (χ0n) is 9.84. The van der Waals surface area contributed by atoms with Gasteiger partial charge in [0.05, 0.1) is 12.0 Å². The van der Waals surface area contributed by atoms with Gasteiger partial charge in [-0.2, -0.15) is 0 Å². The lowest BCUT2D eigenvalue weighted by molar-refractivity contribution is -0.150. The molecule has 2 fully saturated rings. The van der Waals surface area contributed by atoms with E-state index in [1.807, 2.05) is 0 Å². The van der Waals surface area contributed by atoms with Gasteiger partial charge >= 0.3 is 5.97 Å². The molecule has 4 nitrogen and oxygen atoms in total. The molecular weight excluding hydrogens is 204 g/mol. The molecule has 2 aliphatic rings. The van der Waals surface area contributed by atoms with E-state index in [2.05, 4.69) is 10.6 Å². The number of hydrogen-bond acceptors (Lipinski definition) is 4. The van der Waals surface area contributed by atoms with Crippen LogP contribution in [0.1, 0.15) is 32.1 Å². The molecule has 0 aromatic carbocycles. The van der Waals surface area contributed by atoms with Gasteiger partial charge in [-0.1, -0.05) is 19.3 Å². The molecule has 2 N–H and O–H groups in total. The Morgan fingerprint density at radius 3 is 2.69 bits per heavy atom. The molecule has 92 valence electrons. The molecule has 0 aromatic rings. The average Bonchev–Trinajstić information content (AvgIpc) is 2.38. The van der Waals surface area contributed by atoms with Crippen molar-refractivity contribution in [1.82, 2.24) is 10.6 Å². The highest BCUT2D eigenvalue weighted by molar-refractivity contribution is 5.72. The molecule has 1 aliphatic heterocycles. The Morgan fingerprint density at radius 2 is 2.00 bits per heavy atom. The molecule has 16 heavy (non-hydrogen) atoms. The van der Waals surface area contributed by atoms with Gasteiger partial charge in [-0.15, -0.1) is 0 Å². The molecule has 0 spiro atoms. The summed E-state index contributed by atoms with van der Waals surface area (Å²) in [4.78, 5) is 11.8. The van der Waals surface area contributed by atoms with E-state index in [0.29, 0.717) is 12.6 Å². The highest BCUT2D eigenvalue weighted by atomic mass is 16.5. The number of carbonyl (C=O) groups is 1. The van der Waals surface area contributed by atoms with Crippen molar-refractivity contribution in [3.05, 3.63) is 0 Å². The molecule has 1 atom stereocenters. The summed E-state index contributed by atoms with van der Waals surface area (Å²) >= 11 is 0. The zero-order chi connectivity index (χ0) is 11.2. The fourth-order valence-electron chi connectivity index (χ4n) is 2.47. The predicted octanol–water partition coefficient (Wildman–Crippen LogP) is 0.671. The SMILES string of the molecule is O=C(OCC1CNCCN1)C1CCCCC1. The Kier molecular flexibility index (Phi) is 4.60. The Morgan fingerprint density at radius 1 is 1.19 bits per heavy atom. The predicted molar refractivity (Wildman–Crippen MR) is 62.2 cm³/mol. The van der Waals surface area contributed by atoms with Crippen LogP contribution in [0.3, 0.4) is 0 Å². The van der Waals surface area contributed by atoms with Crippen LogP contribution in [0.15, 0.2) is 0 Å². The summed E-state index contributed by atoms with van der Waals surface area (Å²) in [6, 6.07) is 0.293. The van der Waals surface area contributed by atoms with Gasteiger partial charge in [-0.25, -0.2) is 0 Å². The van der Waals surface area contributed by atoms with E-state index in [9.17, 15) is 4.79 Å². The molecule has 1 saturated carbocycles. The third-order valence-electron chi connectivity index (χ3n) is 3.49. The number of piperazine rings is 1. The fourth-order valence-corrected chi connectivity index (χ4v) is 2.47. The van der Waals surface area contributed by atoms with E-state index < -0.39 is 0 Å². The molecule has 0 amide bonds. The van der Waals surface area contributed by atoms with Gasteiger partial charge in [-0.3, -0.25) is 4.79 Å². The average molecular weight is 226 g/mol. The van der Waals surface area contributed by atoms with Gasteiger partial charge in [0.2, 0.25) is 0 Å². The van der Waals surface area contributed by atoms with Crippen LogP contribution in [0.5, 0.6) is 0 Å². The standard InChI is InChI=1S/C12H22N2O2/c15-12(10-4-2-1-3-5-10)16-9-11-8-13-6-7-14-11/h10-11,13-14H,1-9H2. The second-order valence-corrected chi connectivity index (χ2v) is 4.82. The largest absolute Gasteiger partial charge is 0.464 e. The Bertz CT molecular complexity index is 221. The van der Waals surface area contributed by atoms with Crippen molar-refractivity contribution >= 4 is 5.97 Å². The topological polar surface area (TPSA) is 50.4 Å². The third-order valence-corrected chi connectivity index (χ3v) is 3.49. The van der Waals surface area contributed by atoms with Gasteiger partial charge in [-0.05, 0) is 12.8 Å². The summed E-state index contributed by atoms with van der Waals surface area (Å²) in [5, 5.41) is 6.62. The van der Waals surface area contributed by atoms with E-state index in [1.165, 1.54) is 19.3 Å². The number of rotatable bonds is 3. The molecule has 4 heteroatoms. The van der Waals surface area contributed by atoms with Crippen molar-refractivity contribution in [2.45, 2.75) is 38.1 Å². The first-order chi connectivity index (χ1) is 7.86. The van der Waals surface area contributed by atoms with Crippen LogP contribution < -0.4 is 10.6 Å². The third kappa shape index (κ3) is 3.46. The minimum atomic E-state index is 0.0204. The minimum absolute atomic E-state index is 0.0204. The van der Waals surface area contributed by atoms with E-state index >= 15 is 0 Å². The van der Waals surface area contributed by atoms with Gasteiger partial charge in [0.15, 0.2) is 0 Å². The number of ether oxygens (including phenoxy) is 1. The van der Waals surface area contributed by atoms with Crippen molar-refractivity contribution < 1.29 is 9.53 Å². The smallest absolute Gasteiger partial charge is 0.308 e. The molecular formula is C12H22N2O2. The zero-order valence-corrected chi connectivity index (χ0v) is 9.84. The van der Waals surface area contributed by atoms with Crippen LogP contribution in [0.4, 0.5) is 0 Å². The molecule has 1 unspecified atom stereocenters. The number of nitrogens with one attached hydrogen (secondary N) is 2. The quantitative estimate of drug-likeness (QED) is 0.695. The van der Waals surface area contributed by atoms with Crippen LogP contribution >= 0.6 is 0 Å². The Hall–Kier alpha value is -0.610. The minimum Gasteiger partial charge on any atom is -0.464 e. The molecule has 0 radical (unpaired) electrons. The van der Waals surface area contributed by atoms with Gasteiger partial charge in [0.25, 0.3) is 0 Å². The first-order valence-electron chi connectivity index (χ1n) is 6.47. The molecule has 0 bridgehead atoms. The highest BCUT2D eigenvalue weighted by Gasteiger charge is 2.23. The summed E-state index contributed by atoms with van der Waals surface area (Å²) in [7, 11) is 0. The van der Waals surface area contributed by atoms with Crippen LogP contribution in [-0.2, 0) is 9.53 Å². The monoisotopic (exact) mass is 226 g/mol. The van der Waals surface area contributed by atoms with Gasteiger partial charge < -0.3 is 15.4 Å². The lowest BCUT2D eigenvalue weighted by Crippen LogP contribution is -2.50. The van der Waals surface area contributed by atoms with E-state index in [0.717, 1.165) is 32.5 Å². The van der Waals surface area contributed by atoms with E-state index in [4.69, 9.17) is 4.74 Å². The summed E-state index contributed by atoms with van der Waals surface area (Å²) in [6.45, 7) is 3.39. The molecule has 0 aromatic heterocycles. The summed E-state index contributed by atoms with van der Waals surface area (Å²) in [6.07, 6.45) is 5.69. The van der Waals surface area contributed by atoms with Crippen LogP contribution in [-0.4, -0.2) is 38.3 Å². The maximum atomic E-state index is 11.8. The van der Waals surface area contributed by atoms with Crippen LogP contribution in [0, 0.1) is 5.92 Å². The second-order valence-electron chi connectivity index (χ2n) is 4.82. The first-order valence-corrected chi connectivity index (χ1v) is 6.47.